The fourth-order valence-corrected chi connectivity index (χ4v) is 2.43. The second-order valence-electron chi connectivity index (χ2n) is 6.85. The summed E-state index contributed by atoms with van der Waals surface area (Å²) < 4.78 is 0. The van der Waals surface area contributed by atoms with Crippen LogP contribution < -0.4 is 21.7 Å². The molecule has 0 aliphatic heterocycles. The van der Waals surface area contributed by atoms with Gasteiger partial charge in [0.05, 0.1) is 25.5 Å². The molecular formula is C17H26N6O9. The number of hydrogen-bond donors (Lipinski definition) is 9. The van der Waals surface area contributed by atoms with Crippen LogP contribution in [0, 0.1) is 0 Å². The lowest BCUT2D eigenvalue weighted by Crippen LogP contribution is -2.59. The van der Waals surface area contributed by atoms with E-state index in [0.29, 0.717) is 5.69 Å². The normalized spacial score (nSPS) is 15.5. The van der Waals surface area contributed by atoms with Crippen molar-refractivity contribution in [1.82, 2.24) is 25.9 Å². The van der Waals surface area contributed by atoms with Gasteiger partial charge in [0.2, 0.25) is 17.7 Å². The summed E-state index contributed by atoms with van der Waals surface area (Å²) in [5.74, 6) is -6.08. The van der Waals surface area contributed by atoms with E-state index in [1.807, 2.05) is 0 Å². The molecule has 5 unspecified atom stereocenters. The van der Waals surface area contributed by atoms with E-state index >= 15 is 0 Å². The summed E-state index contributed by atoms with van der Waals surface area (Å²) in [5.41, 5.74) is 5.85. The van der Waals surface area contributed by atoms with Gasteiger partial charge in [0.25, 0.3) is 0 Å². The van der Waals surface area contributed by atoms with E-state index in [-0.39, 0.29) is 6.42 Å². The number of aromatic nitrogens is 2. The number of amides is 3. The highest BCUT2D eigenvalue weighted by molar-refractivity contribution is 5.95. The first-order chi connectivity index (χ1) is 15.0. The van der Waals surface area contributed by atoms with Gasteiger partial charge in [-0.1, -0.05) is 0 Å². The molecule has 0 spiro atoms. The number of aliphatic hydroxyl groups is 2. The van der Waals surface area contributed by atoms with Crippen LogP contribution in [0.4, 0.5) is 0 Å². The first kappa shape index (κ1) is 26.5. The molecule has 0 bridgehead atoms. The van der Waals surface area contributed by atoms with Gasteiger partial charge in [-0.05, 0) is 6.92 Å². The summed E-state index contributed by atoms with van der Waals surface area (Å²) in [4.78, 5) is 65.7. The van der Waals surface area contributed by atoms with Gasteiger partial charge in [0, 0.05) is 18.3 Å². The van der Waals surface area contributed by atoms with Gasteiger partial charge < -0.3 is 47.1 Å². The lowest BCUT2D eigenvalue weighted by atomic mass is 10.1. The van der Waals surface area contributed by atoms with Crippen molar-refractivity contribution in [3.05, 3.63) is 18.2 Å². The van der Waals surface area contributed by atoms with Gasteiger partial charge in [-0.15, -0.1) is 0 Å². The minimum Gasteiger partial charge on any atom is -0.481 e. The van der Waals surface area contributed by atoms with Crippen LogP contribution in [-0.4, -0.2) is 96.9 Å². The fraction of sp³-hybridized carbons (Fsp3) is 0.529. The van der Waals surface area contributed by atoms with Crippen LogP contribution in [0.5, 0.6) is 0 Å². The zero-order valence-corrected chi connectivity index (χ0v) is 17.0. The summed E-state index contributed by atoms with van der Waals surface area (Å²) in [6.45, 7) is 0.264. The average molecular weight is 458 g/mol. The summed E-state index contributed by atoms with van der Waals surface area (Å²) in [7, 11) is 0. The van der Waals surface area contributed by atoms with Gasteiger partial charge in [-0.2, -0.15) is 0 Å². The van der Waals surface area contributed by atoms with Crippen molar-refractivity contribution < 1.29 is 44.4 Å². The number of nitrogens with one attached hydrogen (secondary N) is 4. The van der Waals surface area contributed by atoms with Crippen LogP contribution in [0.2, 0.25) is 0 Å². The first-order valence-electron chi connectivity index (χ1n) is 9.33. The standard InChI is InChI=1S/C17H26N6O9/c1-7(25)13(18)16(30)21-9(3-12(26)27)14(28)23-11(5-24)15(29)22-10(17(31)32)2-8-4-19-6-20-8/h4,6-7,9-11,13,24-25H,2-3,5,18H2,1H3,(H,19,20)(H,21,30)(H,22,29)(H,23,28)(H,26,27)(H,31,32). The van der Waals surface area contributed by atoms with Crippen molar-refractivity contribution in [2.24, 2.45) is 5.73 Å². The predicted molar refractivity (Wildman–Crippen MR) is 105 cm³/mol. The van der Waals surface area contributed by atoms with E-state index < -0.39 is 73.0 Å². The number of aliphatic carboxylic acids is 2. The molecule has 32 heavy (non-hydrogen) atoms. The van der Waals surface area contributed by atoms with E-state index in [1.165, 1.54) is 19.4 Å². The molecule has 0 aromatic carbocycles. The highest BCUT2D eigenvalue weighted by atomic mass is 16.4. The zero-order valence-electron chi connectivity index (χ0n) is 17.0. The number of carboxylic acids is 2. The van der Waals surface area contributed by atoms with Gasteiger partial charge in [-0.25, -0.2) is 9.78 Å². The number of aliphatic hydroxyl groups excluding tert-OH is 2. The molecule has 178 valence electrons. The minimum atomic E-state index is -1.69. The molecule has 0 fully saturated rings. The van der Waals surface area contributed by atoms with E-state index in [1.54, 1.807) is 0 Å². The van der Waals surface area contributed by atoms with Gasteiger partial charge in [0.15, 0.2) is 0 Å². The van der Waals surface area contributed by atoms with E-state index in [0.717, 1.165) is 0 Å². The Hall–Kier alpha value is -3.56. The molecule has 0 saturated carbocycles. The first-order valence-corrected chi connectivity index (χ1v) is 9.33. The molecule has 0 radical (unpaired) electrons. The third-order valence-electron chi connectivity index (χ3n) is 4.24. The van der Waals surface area contributed by atoms with Gasteiger partial charge in [0.1, 0.15) is 24.2 Å². The third kappa shape index (κ3) is 8.29. The molecule has 1 rings (SSSR count). The Labute approximate surface area is 181 Å². The molecule has 1 aromatic heterocycles. The molecule has 0 aliphatic rings. The van der Waals surface area contributed by atoms with Crippen LogP contribution >= 0.6 is 0 Å². The number of aromatic amines is 1. The van der Waals surface area contributed by atoms with Crippen molar-refractivity contribution in [1.29, 1.82) is 0 Å². The van der Waals surface area contributed by atoms with Crippen molar-refractivity contribution in [3.8, 4) is 0 Å². The van der Waals surface area contributed by atoms with Gasteiger partial charge >= 0.3 is 11.9 Å². The highest BCUT2D eigenvalue weighted by Gasteiger charge is 2.32. The maximum absolute atomic E-state index is 12.4. The van der Waals surface area contributed by atoms with Crippen LogP contribution in [0.1, 0.15) is 19.0 Å². The van der Waals surface area contributed by atoms with Crippen molar-refractivity contribution in [2.75, 3.05) is 6.61 Å². The number of imidazole rings is 1. The summed E-state index contributed by atoms with van der Waals surface area (Å²) in [5, 5.41) is 43.4. The predicted octanol–water partition coefficient (Wildman–Crippen LogP) is -4.33. The molecule has 1 aromatic rings. The quantitative estimate of drug-likeness (QED) is 0.136. The average Bonchev–Trinajstić information content (AvgIpc) is 3.22. The molecule has 1 heterocycles. The highest BCUT2D eigenvalue weighted by Crippen LogP contribution is 2.01. The number of nitrogens with two attached hydrogens (primary N) is 1. The molecular weight excluding hydrogens is 432 g/mol. The Morgan fingerprint density at radius 3 is 2.06 bits per heavy atom. The maximum Gasteiger partial charge on any atom is 0.326 e. The van der Waals surface area contributed by atoms with Crippen LogP contribution in [0.25, 0.3) is 0 Å². The van der Waals surface area contributed by atoms with E-state index in [2.05, 4.69) is 25.9 Å². The second kappa shape index (κ2) is 12.3. The number of carbonyl (C=O) groups is 5. The Morgan fingerprint density at radius 1 is 1.03 bits per heavy atom. The SMILES string of the molecule is CC(O)C(N)C(=O)NC(CC(=O)O)C(=O)NC(CO)C(=O)NC(Cc1cnc[nH]1)C(=O)O. The Balaban J connectivity index is 2.86. The summed E-state index contributed by atoms with van der Waals surface area (Å²) in [6, 6.07) is -6.21. The number of hydrogen-bond acceptors (Lipinski definition) is 9. The van der Waals surface area contributed by atoms with Crippen LogP contribution in [-0.2, 0) is 30.4 Å². The Morgan fingerprint density at radius 2 is 1.59 bits per heavy atom. The van der Waals surface area contributed by atoms with Crippen molar-refractivity contribution in [2.45, 2.75) is 50.0 Å². The van der Waals surface area contributed by atoms with Crippen LogP contribution in [0.15, 0.2) is 12.5 Å². The third-order valence-corrected chi connectivity index (χ3v) is 4.24. The smallest absolute Gasteiger partial charge is 0.326 e. The van der Waals surface area contributed by atoms with Crippen molar-refractivity contribution >= 4 is 29.7 Å². The van der Waals surface area contributed by atoms with Crippen LogP contribution in [0.3, 0.4) is 0 Å². The summed E-state index contributed by atoms with van der Waals surface area (Å²) >= 11 is 0. The molecule has 15 nitrogen and oxygen atoms in total. The Kier molecular flexibility index (Phi) is 10.2. The molecule has 0 aliphatic carbocycles. The lowest BCUT2D eigenvalue weighted by Gasteiger charge is -2.24. The minimum absolute atomic E-state index is 0.165. The van der Waals surface area contributed by atoms with E-state index in [4.69, 9.17) is 10.8 Å². The fourth-order valence-electron chi connectivity index (χ4n) is 2.43. The maximum atomic E-state index is 12.4. The van der Waals surface area contributed by atoms with E-state index in [9.17, 15) is 39.3 Å². The number of H-pyrrole nitrogens is 1. The number of rotatable bonds is 13. The van der Waals surface area contributed by atoms with Gasteiger partial charge in [-0.3, -0.25) is 19.2 Å². The number of carboxylic acid groups (broad SMARTS) is 2. The molecule has 3 amide bonds. The number of carbonyl (C=O) groups excluding carboxylic acids is 3. The van der Waals surface area contributed by atoms with Crippen molar-refractivity contribution in [3.63, 3.8) is 0 Å². The molecule has 10 N–H and O–H groups in total. The topological polar surface area (TPSA) is 257 Å². The molecule has 0 saturated heterocycles. The lowest BCUT2D eigenvalue weighted by molar-refractivity contribution is -0.143. The largest absolute Gasteiger partial charge is 0.481 e. The monoisotopic (exact) mass is 458 g/mol. The molecule has 5 atom stereocenters. The zero-order chi connectivity index (χ0) is 24.4. The second-order valence-corrected chi connectivity index (χ2v) is 6.85. The number of nitrogens with zero attached hydrogens (tertiary/aromatic N) is 1. The molecule has 15 heteroatoms. The summed E-state index contributed by atoms with van der Waals surface area (Å²) in [6.07, 6.45) is 0.323. The Bertz CT molecular complexity index is 813.